The van der Waals surface area contributed by atoms with Crippen molar-refractivity contribution in [2.45, 2.75) is 26.3 Å². The Morgan fingerprint density at radius 1 is 1.22 bits per heavy atom. The highest BCUT2D eigenvalue weighted by Crippen LogP contribution is 2.25. The van der Waals surface area contributed by atoms with Crippen LogP contribution in [0.15, 0.2) is 53.0 Å². The van der Waals surface area contributed by atoms with Gasteiger partial charge in [0.2, 0.25) is 0 Å². The van der Waals surface area contributed by atoms with Crippen LogP contribution in [0.2, 0.25) is 5.02 Å². The highest BCUT2D eigenvalue weighted by atomic mass is 79.9. The van der Waals surface area contributed by atoms with Crippen LogP contribution >= 0.6 is 27.5 Å². The summed E-state index contributed by atoms with van der Waals surface area (Å²) in [7, 11) is 0. The molecule has 0 aliphatic rings. The standard InChI is InChI=1S/C18H20BrClN2O/c1-4-22(16-10-6-9-15(20)12-16)17(23)21-18(2,3)13-7-5-8-14(19)11-13/h5-12H,4H2,1-3H3,(H,21,23). The molecule has 0 fully saturated rings. The fraction of sp³-hybridized carbons (Fsp3) is 0.278. The molecule has 0 aliphatic carbocycles. The second-order valence-electron chi connectivity index (χ2n) is 5.79. The number of nitrogens with zero attached hydrogens (tertiary/aromatic N) is 1. The average molecular weight is 396 g/mol. The van der Waals surface area contributed by atoms with Crippen LogP contribution in [0.1, 0.15) is 26.3 Å². The Labute approximate surface area is 150 Å². The first-order chi connectivity index (χ1) is 10.8. The molecule has 0 spiro atoms. The van der Waals surface area contributed by atoms with Gasteiger partial charge in [0.15, 0.2) is 0 Å². The first-order valence-electron chi connectivity index (χ1n) is 7.45. The molecule has 122 valence electrons. The monoisotopic (exact) mass is 394 g/mol. The van der Waals surface area contributed by atoms with Gasteiger partial charge in [0.1, 0.15) is 0 Å². The third-order valence-electron chi connectivity index (χ3n) is 3.65. The van der Waals surface area contributed by atoms with Gasteiger partial charge < -0.3 is 5.32 Å². The quantitative estimate of drug-likeness (QED) is 0.720. The molecule has 0 atom stereocenters. The molecule has 0 heterocycles. The molecule has 2 amide bonds. The number of halogens is 2. The van der Waals surface area contributed by atoms with E-state index in [0.29, 0.717) is 11.6 Å². The van der Waals surface area contributed by atoms with E-state index in [0.717, 1.165) is 15.7 Å². The number of nitrogens with one attached hydrogen (secondary N) is 1. The highest BCUT2D eigenvalue weighted by Gasteiger charge is 2.26. The molecule has 3 nitrogen and oxygen atoms in total. The van der Waals surface area contributed by atoms with Gasteiger partial charge in [0.05, 0.1) is 5.54 Å². The molecular weight excluding hydrogens is 376 g/mol. The third-order valence-corrected chi connectivity index (χ3v) is 4.38. The van der Waals surface area contributed by atoms with Gasteiger partial charge in [0.25, 0.3) is 0 Å². The van der Waals surface area contributed by atoms with Crippen LogP contribution in [0.3, 0.4) is 0 Å². The van der Waals surface area contributed by atoms with Crippen LogP contribution in [0.4, 0.5) is 10.5 Å². The largest absolute Gasteiger partial charge is 0.329 e. The van der Waals surface area contributed by atoms with Crippen LogP contribution in [-0.2, 0) is 5.54 Å². The number of benzene rings is 2. The lowest BCUT2D eigenvalue weighted by Gasteiger charge is -2.31. The van der Waals surface area contributed by atoms with Crippen LogP contribution in [-0.4, -0.2) is 12.6 Å². The highest BCUT2D eigenvalue weighted by molar-refractivity contribution is 9.10. The number of carbonyl (C=O) groups is 1. The molecule has 5 heteroatoms. The molecule has 0 bridgehead atoms. The Morgan fingerprint density at radius 3 is 2.52 bits per heavy atom. The predicted octanol–water partition coefficient (Wildman–Crippen LogP) is 5.57. The van der Waals surface area contributed by atoms with Gasteiger partial charge in [0, 0.05) is 21.7 Å². The summed E-state index contributed by atoms with van der Waals surface area (Å²) in [5.41, 5.74) is 1.32. The van der Waals surface area contributed by atoms with Crippen molar-refractivity contribution in [2.24, 2.45) is 0 Å². The molecule has 0 radical (unpaired) electrons. The van der Waals surface area contributed by atoms with E-state index < -0.39 is 5.54 Å². The van der Waals surface area contributed by atoms with Gasteiger partial charge in [-0.1, -0.05) is 45.7 Å². The first kappa shape index (κ1) is 17.8. The van der Waals surface area contributed by atoms with E-state index in [9.17, 15) is 4.79 Å². The summed E-state index contributed by atoms with van der Waals surface area (Å²) >= 11 is 9.50. The van der Waals surface area contributed by atoms with E-state index in [1.54, 1.807) is 17.0 Å². The van der Waals surface area contributed by atoms with Gasteiger partial charge in [-0.15, -0.1) is 0 Å². The average Bonchev–Trinajstić information content (AvgIpc) is 2.47. The van der Waals surface area contributed by atoms with Crippen molar-refractivity contribution in [3.63, 3.8) is 0 Å². The van der Waals surface area contributed by atoms with Crippen LogP contribution < -0.4 is 10.2 Å². The van der Waals surface area contributed by atoms with Crippen molar-refractivity contribution in [2.75, 3.05) is 11.4 Å². The van der Waals surface area contributed by atoms with Crippen molar-refractivity contribution >= 4 is 39.2 Å². The maximum Gasteiger partial charge on any atom is 0.322 e. The second kappa shape index (κ2) is 7.37. The smallest absolute Gasteiger partial charge is 0.322 e. The maximum absolute atomic E-state index is 12.7. The Bertz CT molecular complexity index is 703. The lowest BCUT2D eigenvalue weighted by Crippen LogP contribution is -2.48. The van der Waals surface area contributed by atoms with Crippen molar-refractivity contribution < 1.29 is 4.79 Å². The number of amides is 2. The SMILES string of the molecule is CCN(C(=O)NC(C)(C)c1cccc(Br)c1)c1cccc(Cl)c1. The van der Waals surface area contributed by atoms with E-state index in [2.05, 4.69) is 21.2 Å². The van der Waals surface area contributed by atoms with Crippen LogP contribution in [0.25, 0.3) is 0 Å². The molecular formula is C18H20BrClN2O. The Balaban J connectivity index is 2.22. The van der Waals surface area contributed by atoms with Gasteiger partial charge in [-0.05, 0) is 56.7 Å². The molecule has 0 saturated carbocycles. The minimum atomic E-state index is -0.493. The van der Waals surface area contributed by atoms with E-state index in [1.165, 1.54) is 0 Å². The number of anilines is 1. The van der Waals surface area contributed by atoms with Gasteiger partial charge >= 0.3 is 6.03 Å². The number of urea groups is 1. The van der Waals surface area contributed by atoms with E-state index in [-0.39, 0.29) is 6.03 Å². The van der Waals surface area contributed by atoms with Crippen molar-refractivity contribution in [3.8, 4) is 0 Å². The topological polar surface area (TPSA) is 32.3 Å². The molecule has 2 rings (SSSR count). The number of hydrogen-bond donors (Lipinski definition) is 1. The summed E-state index contributed by atoms with van der Waals surface area (Å²) in [4.78, 5) is 14.4. The number of carbonyl (C=O) groups excluding carboxylic acids is 1. The van der Waals surface area contributed by atoms with E-state index in [1.807, 2.05) is 57.2 Å². The minimum absolute atomic E-state index is 0.153. The zero-order valence-corrected chi connectivity index (χ0v) is 15.8. The molecule has 2 aromatic rings. The molecule has 0 unspecified atom stereocenters. The molecule has 1 N–H and O–H groups in total. The summed E-state index contributed by atoms with van der Waals surface area (Å²) < 4.78 is 0.986. The van der Waals surface area contributed by atoms with Gasteiger partial charge in [-0.3, -0.25) is 4.90 Å². The van der Waals surface area contributed by atoms with Crippen LogP contribution in [0, 0.1) is 0 Å². The van der Waals surface area contributed by atoms with E-state index in [4.69, 9.17) is 11.6 Å². The molecule has 2 aromatic carbocycles. The fourth-order valence-corrected chi connectivity index (χ4v) is 2.96. The summed E-state index contributed by atoms with van der Waals surface area (Å²) in [5, 5.41) is 3.70. The number of hydrogen-bond acceptors (Lipinski definition) is 1. The minimum Gasteiger partial charge on any atom is -0.329 e. The maximum atomic E-state index is 12.7. The zero-order valence-electron chi connectivity index (χ0n) is 13.4. The lowest BCUT2D eigenvalue weighted by molar-refractivity contribution is 0.236. The van der Waals surface area contributed by atoms with Crippen LogP contribution in [0.5, 0.6) is 0 Å². The lowest BCUT2D eigenvalue weighted by atomic mass is 9.94. The van der Waals surface area contributed by atoms with Gasteiger partial charge in [-0.2, -0.15) is 0 Å². The summed E-state index contributed by atoms with van der Waals surface area (Å²) in [5.74, 6) is 0. The Morgan fingerprint density at radius 2 is 1.91 bits per heavy atom. The van der Waals surface area contributed by atoms with Crippen molar-refractivity contribution in [1.82, 2.24) is 5.32 Å². The van der Waals surface area contributed by atoms with Crippen molar-refractivity contribution in [3.05, 3.63) is 63.6 Å². The molecule has 0 saturated heterocycles. The summed E-state index contributed by atoms with van der Waals surface area (Å²) in [6, 6.07) is 15.1. The third kappa shape index (κ3) is 4.49. The molecule has 0 aromatic heterocycles. The Hall–Kier alpha value is -1.52. The Kier molecular flexibility index (Phi) is 5.71. The molecule has 0 aliphatic heterocycles. The van der Waals surface area contributed by atoms with Gasteiger partial charge in [-0.25, -0.2) is 4.79 Å². The molecule has 23 heavy (non-hydrogen) atoms. The summed E-state index contributed by atoms with van der Waals surface area (Å²) in [6.45, 7) is 6.46. The second-order valence-corrected chi connectivity index (χ2v) is 7.14. The van der Waals surface area contributed by atoms with Crippen molar-refractivity contribution in [1.29, 1.82) is 0 Å². The normalized spacial score (nSPS) is 11.2. The zero-order chi connectivity index (χ0) is 17.0. The predicted molar refractivity (Wildman–Crippen MR) is 100 cm³/mol. The summed E-state index contributed by atoms with van der Waals surface area (Å²) in [6.07, 6.45) is 0. The first-order valence-corrected chi connectivity index (χ1v) is 8.62. The number of rotatable bonds is 4. The fourth-order valence-electron chi connectivity index (χ4n) is 2.37. The van der Waals surface area contributed by atoms with E-state index >= 15 is 0 Å².